The maximum absolute atomic E-state index is 11.7. The highest BCUT2D eigenvalue weighted by Gasteiger charge is 2.11. The Labute approximate surface area is 146 Å². The number of carbonyl (C=O) groups excluding carboxylic acids is 3. The van der Waals surface area contributed by atoms with Gasteiger partial charge in [-0.2, -0.15) is 0 Å². The molecule has 0 spiro atoms. The van der Waals surface area contributed by atoms with E-state index < -0.39 is 11.9 Å². The third kappa shape index (κ3) is 4.95. The van der Waals surface area contributed by atoms with Crippen LogP contribution in [-0.4, -0.2) is 31.4 Å². The number of methoxy groups -OCH3 is 1. The first kappa shape index (κ1) is 17.7. The molecule has 24 heavy (non-hydrogen) atoms. The number of hydrogen-bond donors (Lipinski definition) is 2. The number of halogens is 1. The molecule has 2 aromatic rings. The van der Waals surface area contributed by atoms with Crippen LogP contribution in [-0.2, 0) is 16.1 Å². The summed E-state index contributed by atoms with van der Waals surface area (Å²) < 4.78 is 10.1. The molecule has 8 heteroatoms. The molecule has 2 amide bonds. The van der Waals surface area contributed by atoms with Gasteiger partial charge in [-0.3, -0.25) is 9.59 Å². The van der Waals surface area contributed by atoms with Gasteiger partial charge >= 0.3 is 5.97 Å². The molecule has 1 aromatic carbocycles. The van der Waals surface area contributed by atoms with E-state index in [0.29, 0.717) is 10.2 Å². The molecule has 1 aromatic heterocycles. The molecule has 1 heterocycles. The van der Waals surface area contributed by atoms with Gasteiger partial charge in [0.15, 0.2) is 10.4 Å². The van der Waals surface area contributed by atoms with Gasteiger partial charge in [-0.1, -0.05) is 12.1 Å². The lowest BCUT2D eigenvalue weighted by molar-refractivity contribution is -0.120. The molecule has 0 atom stereocenters. The van der Waals surface area contributed by atoms with Crippen molar-refractivity contribution in [3.05, 3.63) is 58.0 Å². The van der Waals surface area contributed by atoms with Gasteiger partial charge in [-0.05, 0) is 45.8 Å². The summed E-state index contributed by atoms with van der Waals surface area (Å²) in [5, 5.41) is 5.12. The summed E-state index contributed by atoms with van der Waals surface area (Å²) in [5.41, 5.74) is 1.25. The molecule has 0 aliphatic heterocycles. The third-order valence-electron chi connectivity index (χ3n) is 3.07. The van der Waals surface area contributed by atoms with Gasteiger partial charge in [0.2, 0.25) is 5.91 Å². The molecule has 126 valence electrons. The Morgan fingerprint density at radius 3 is 2.38 bits per heavy atom. The Morgan fingerprint density at radius 2 is 1.79 bits per heavy atom. The summed E-state index contributed by atoms with van der Waals surface area (Å²) in [6.45, 7) is 0.111. The maximum Gasteiger partial charge on any atom is 0.337 e. The van der Waals surface area contributed by atoms with Crippen molar-refractivity contribution in [2.24, 2.45) is 0 Å². The number of amides is 2. The molecule has 0 aliphatic rings. The van der Waals surface area contributed by atoms with Crippen molar-refractivity contribution in [3.63, 3.8) is 0 Å². The van der Waals surface area contributed by atoms with Crippen LogP contribution < -0.4 is 10.6 Å². The molecule has 2 rings (SSSR count). The van der Waals surface area contributed by atoms with Crippen molar-refractivity contribution in [2.45, 2.75) is 6.54 Å². The van der Waals surface area contributed by atoms with Crippen molar-refractivity contribution in [1.82, 2.24) is 10.6 Å². The van der Waals surface area contributed by atoms with Crippen molar-refractivity contribution in [1.29, 1.82) is 0 Å². The predicted molar refractivity (Wildman–Crippen MR) is 88.4 cm³/mol. The fourth-order valence-corrected chi connectivity index (χ4v) is 2.13. The van der Waals surface area contributed by atoms with Crippen LogP contribution in [0.5, 0.6) is 0 Å². The van der Waals surface area contributed by atoms with Crippen LogP contribution in [0.2, 0.25) is 0 Å². The molecule has 0 aliphatic carbocycles. The monoisotopic (exact) mass is 394 g/mol. The van der Waals surface area contributed by atoms with Crippen LogP contribution in [0.1, 0.15) is 26.5 Å². The lowest BCUT2D eigenvalue weighted by atomic mass is 10.1. The molecule has 0 fully saturated rings. The van der Waals surface area contributed by atoms with Gasteiger partial charge in [0, 0.05) is 6.54 Å². The zero-order valence-corrected chi connectivity index (χ0v) is 14.4. The van der Waals surface area contributed by atoms with Crippen molar-refractivity contribution in [2.75, 3.05) is 13.7 Å². The summed E-state index contributed by atoms with van der Waals surface area (Å²) >= 11 is 3.09. The normalized spacial score (nSPS) is 10.1. The van der Waals surface area contributed by atoms with Crippen LogP contribution in [0.25, 0.3) is 0 Å². The Morgan fingerprint density at radius 1 is 1.08 bits per heavy atom. The Bertz CT molecular complexity index is 739. The Kier molecular flexibility index (Phi) is 6.14. The van der Waals surface area contributed by atoms with E-state index in [0.717, 1.165) is 5.56 Å². The second-order valence-corrected chi connectivity index (χ2v) is 5.53. The summed E-state index contributed by atoms with van der Waals surface area (Å²) in [5.74, 6) is -1.12. The molecule has 0 bridgehead atoms. The second kappa shape index (κ2) is 8.30. The molecular weight excluding hydrogens is 380 g/mol. The number of carbonyl (C=O) groups is 3. The van der Waals surface area contributed by atoms with E-state index in [-0.39, 0.29) is 24.8 Å². The standard InChI is InChI=1S/C16H15BrN2O5/c1-23-16(22)11-4-2-10(3-5-11)8-18-14(20)9-19-15(21)12-6-7-13(17)24-12/h2-7H,8-9H2,1H3,(H,18,20)(H,19,21). The van der Waals surface area contributed by atoms with Gasteiger partial charge < -0.3 is 19.8 Å². The summed E-state index contributed by atoms with van der Waals surface area (Å²) in [7, 11) is 1.31. The van der Waals surface area contributed by atoms with Crippen LogP contribution >= 0.6 is 15.9 Å². The molecule has 0 radical (unpaired) electrons. The van der Waals surface area contributed by atoms with E-state index in [2.05, 4.69) is 31.3 Å². The van der Waals surface area contributed by atoms with E-state index in [1.165, 1.54) is 13.2 Å². The average molecular weight is 395 g/mol. The zero-order chi connectivity index (χ0) is 17.5. The van der Waals surface area contributed by atoms with Crippen molar-refractivity contribution in [3.8, 4) is 0 Å². The molecule has 7 nitrogen and oxygen atoms in total. The first-order chi connectivity index (χ1) is 11.5. The molecule has 0 unspecified atom stereocenters. The van der Waals surface area contributed by atoms with Gasteiger partial charge in [0.05, 0.1) is 19.2 Å². The SMILES string of the molecule is COC(=O)c1ccc(CNC(=O)CNC(=O)c2ccc(Br)o2)cc1. The van der Waals surface area contributed by atoms with E-state index in [1.807, 2.05) is 0 Å². The Hall–Kier alpha value is -2.61. The molecule has 0 saturated heterocycles. The zero-order valence-electron chi connectivity index (χ0n) is 12.8. The van der Waals surface area contributed by atoms with Crippen LogP contribution in [0, 0.1) is 0 Å². The smallest absolute Gasteiger partial charge is 0.337 e. The second-order valence-electron chi connectivity index (χ2n) is 4.75. The largest absolute Gasteiger partial charge is 0.465 e. The lowest BCUT2D eigenvalue weighted by Gasteiger charge is -2.07. The average Bonchev–Trinajstić information content (AvgIpc) is 3.04. The van der Waals surface area contributed by atoms with E-state index in [4.69, 9.17) is 4.42 Å². The molecule has 2 N–H and O–H groups in total. The number of rotatable bonds is 6. The van der Waals surface area contributed by atoms with Gasteiger partial charge in [0.1, 0.15) is 0 Å². The van der Waals surface area contributed by atoms with E-state index in [9.17, 15) is 14.4 Å². The fourth-order valence-electron chi connectivity index (χ4n) is 1.82. The van der Waals surface area contributed by atoms with Gasteiger partial charge in [-0.25, -0.2) is 4.79 Å². The van der Waals surface area contributed by atoms with Gasteiger partial charge in [0.25, 0.3) is 5.91 Å². The molecule has 0 saturated carbocycles. The number of nitrogens with one attached hydrogen (secondary N) is 2. The summed E-state index contributed by atoms with van der Waals surface area (Å²) in [6.07, 6.45) is 0. The number of esters is 1. The molecular formula is C16H15BrN2O5. The van der Waals surface area contributed by atoms with Crippen molar-refractivity contribution >= 4 is 33.7 Å². The maximum atomic E-state index is 11.7. The van der Waals surface area contributed by atoms with Gasteiger partial charge in [-0.15, -0.1) is 0 Å². The highest BCUT2D eigenvalue weighted by Crippen LogP contribution is 2.13. The quantitative estimate of drug-likeness (QED) is 0.728. The first-order valence-corrected chi connectivity index (χ1v) is 7.76. The first-order valence-electron chi connectivity index (χ1n) is 6.97. The number of hydrogen-bond acceptors (Lipinski definition) is 5. The minimum atomic E-state index is -0.474. The number of benzene rings is 1. The van der Waals surface area contributed by atoms with Crippen LogP contribution in [0.15, 0.2) is 45.5 Å². The Balaban J connectivity index is 1.76. The minimum absolute atomic E-state index is 0.119. The van der Waals surface area contributed by atoms with Crippen molar-refractivity contribution < 1.29 is 23.5 Å². The summed E-state index contributed by atoms with van der Waals surface area (Å²) in [4.78, 5) is 34.8. The predicted octanol–water partition coefficient (Wildman–Crippen LogP) is 1.87. The highest BCUT2D eigenvalue weighted by atomic mass is 79.9. The van der Waals surface area contributed by atoms with E-state index in [1.54, 1.807) is 30.3 Å². The fraction of sp³-hybridized carbons (Fsp3) is 0.188. The van der Waals surface area contributed by atoms with Crippen LogP contribution in [0.3, 0.4) is 0 Å². The minimum Gasteiger partial charge on any atom is -0.465 e. The number of furan rings is 1. The van der Waals surface area contributed by atoms with E-state index >= 15 is 0 Å². The third-order valence-corrected chi connectivity index (χ3v) is 3.50. The highest BCUT2D eigenvalue weighted by molar-refractivity contribution is 9.10. The summed E-state index contributed by atoms with van der Waals surface area (Å²) in [6, 6.07) is 9.75. The van der Waals surface area contributed by atoms with Crippen LogP contribution in [0.4, 0.5) is 0 Å². The topological polar surface area (TPSA) is 97.6 Å². The number of ether oxygens (including phenoxy) is 1. The lowest BCUT2D eigenvalue weighted by Crippen LogP contribution is -2.36.